The van der Waals surface area contributed by atoms with Crippen LogP contribution in [0.2, 0.25) is 5.02 Å². The fraction of sp³-hybridized carbons (Fsp3) is 0.273. The van der Waals surface area contributed by atoms with E-state index >= 15 is 0 Å². The zero-order chi connectivity index (χ0) is 12.4. The highest BCUT2D eigenvalue weighted by Crippen LogP contribution is 2.32. The van der Waals surface area contributed by atoms with Crippen molar-refractivity contribution in [2.75, 3.05) is 0 Å². The molecule has 0 amide bonds. The molecule has 0 bridgehead atoms. The molecule has 2 rings (SSSR count). The van der Waals surface area contributed by atoms with E-state index in [0.29, 0.717) is 15.5 Å². The molecule has 2 aromatic rings. The van der Waals surface area contributed by atoms with E-state index in [2.05, 4.69) is 25.3 Å². The minimum absolute atomic E-state index is 0.106. The van der Waals surface area contributed by atoms with Gasteiger partial charge in [-0.05, 0) is 59.5 Å². The highest BCUT2D eigenvalue weighted by molar-refractivity contribution is 9.10. The molecule has 0 radical (unpaired) electrons. The van der Waals surface area contributed by atoms with Gasteiger partial charge in [-0.2, -0.15) is 4.37 Å². The van der Waals surface area contributed by atoms with E-state index in [4.69, 9.17) is 16.3 Å². The van der Waals surface area contributed by atoms with Gasteiger partial charge in [0.1, 0.15) is 10.8 Å². The third kappa shape index (κ3) is 3.18. The number of hydrogen-bond donors (Lipinski definition) is 0. The third-order valence-corrected chi connectivity index (χ3v) is 3.59. The Morgan fingerprint density at radius 3 is 2.71 bits per heavy atom. The first-order valence-electron chi connectivity index (χ1n) is 5.02. The summed E-state index contributed by atoms with van der Waals surface area (Å²) in [7, 11) is 0. The van der Waals surface area contributed by atoms with Gasteiger partial charge in [0.25, 0.3) is 0 Å². The Balaban J connectivity index is 2.30. The Labute approximate surface area is 117 Å². The van der Waals surface area contributed by atoms with Crippen LogP contribution in [-0.4, -0.2) is 15.5 Å². The van der Waals surface area contributed by atoms with Crippen LogP contribution in [0.25, 0.3) is 10.6 Å². The Hall–Kier alpha value is -0.650. The number of aromatic nitrogens is 2. The number of benzene rings is 1. The molecule has 0 atom stereocenters. The lowest BCUT2D eigenvalue weighted by atomic mass is 10.2. The normalized spacial score (nSPS) is 10.9. The summed E-state index contributed by atoms with van der Waals surface area (Å²) in [6.45, 7) is 3.93. The zero-order valence-electron chi connectivity index (χ0n) is 9.28. The van der Waals surface area contributed by atoms with E-state index in [9.17, 15) is 0 Å². The first-order valence-corrected chi connectivity index (χ1v) is 6.96. The molecule has 0 saturated heterocycles. The second-order valence-corrected chi connectivity index (χ2v) is 5.55. The lowest BCUT2D eigenvalue weighted by Crippen LogP contribution is -2.05. The number of nitrogens with zero attached hydrogens (tertiary/aromatic N) is 2. The van der Waals surface area contributed by atoms with Gasteiger partial charge in [0, 0.05) is 5.56 Å². The van der Waals surface area contributed by atoms with Crippen molar-refractivity contribution in [1.29, 1.82) is 0 Å². The van der Waals surface area contributed by atoms with Gasteiger partial charge in [-0.15, -0.1) is 0 Å². The average molecular weight is 334 g/mol. The van der Waals surface area contributed by atoms with Crippen molar-refractivity contribution in [3.05, 3.63) is 28.0 Å². The van der Waals surface area contributed by atoms with Gasteiger partial charge in [-0.3, -0.25) is 0 Å². The van der Waals surface area contributed by atoms with E-state index in [1.807, 2.05) is 32.0 Å². The summed E-state index contributed by atoms with van der Waals surface area (Å²) in [5, 5.41) is 1.41. The summed E-state index contributed by atoms with van der Waals surface area (Å²) >= 11 is 10.7. The lowest BCUT2D eigenvalue weighted by molar-refractivity contribution is 0.242. The van der Waals surface area contributed by atoms with Crippen molar-refractivity contribution < 1.29 is 4.74 Å². The summed E-state index contributed by atoms with van der Waals surface area (Å²) in [5.41, 5.74) is 0.939. The Bertz CT molecular complexity index is 530. The predicted molar refractivity (Wildman–Crippen MR) is 73.8 cm³/mol. The maximum absolute atomic E-state index is 6.15. The molecule has 0 aliphatic rings. The topological polar surface area (TPSA) is 35.0 Å². The van der Waals surface area contributed by atoms with Crippen LogP contribution in [0.1, 0.15) is 13.8 Å². The quantitative estimate of drug-likeness (QED) is 0.834. The molecular weight excluding hydrogens is 324 g/mol. The van der Waals surface area contributed by atoms with Crippen LogP contribution in [0.15, 0.2) is 22.9 Å². The molecule has 0 saturated carbocycles. The highest BCUT2D eigenvalue weighted by atomic mass is 79.9. The minimum atomic E-state index is 0.106. The van der Waals surface area contributed by atoms with Crippen molar-refractivity contribution in [2.24, 2.45) is 0 Å². The number of ether oxygens (including phenoxy) is 1. The van der Waals surface area contributed by atoms with Gasteiger partial charge in [0.2, 0.25) is 4.73 Å². The second kappa shape index (κ2) is 5.33. The van der Waals surface area contributed by atoms with E-state index in [0.717, 1.165) is 10.6 Å². The van der Waals surface area contributed by atoms with Crippen molar-refractivity contribution >= 4 is 39.1 Å². The van der Waals surface area contributed by atoms with Gasteiger partial charge >= 0.3 is 0 Å². The largest absolute Gasteiger partial charge is 0.489 e. The van der Waals surface area contributed by atoms with Crippen LogP contribution in [0, 0.1) is 0 Å². The summed E-state index contributed by atoms with van der Waals surface area (Å²) in [4.78, 5) is 4.24. The molecular formula is C11H10BrClN2OS. The molecule has 0 unspecified atom stereocenters. The van der Waals surface area contributed by atoms with Gasteiger partial charge < -0.3 is 4.74 Å². The Kier molecular flexibility index (Phi) is 4.01. The molecule has 1 aromatic heterocycles. The smallest absolute Gasteiger partial charge is 0.209 e. The summed E-state index contributed by atoms with van der Waals surface area (Å²) in [6.07, 6.45) is 0.106. The van der Waals surface area contributed by atoms with Crippen LogP contribution in [0.4, 0.5) is 0 Å². The van der Waals surface area contributed by atoms with Gasteiger partial charge in [0.05, 0.1) is 11.1 Å². The molecule has 0 aliphatic heterocycles. The zero-order valence-corrected chi connectivity index (χ0v) is 12.4. The van der Waals surface area contributed by atoms with Gasteiger partial charge in [0.15, 0.2) is 0 Å². The Morgan fingerprint density at radius 2 is 2.18 bits per heavy atom. The van der Waals surface area contributed by atoms with Crippen molar-refractivity contribution in [2.45, 2.75) is 20.0 Å². The summed E-state index contributed by atoms with van der Waals surface area (Å²) < 4.78 is 10.2. The van der Waals surface area contributed by atoms with Crippen molar-refractivity contribution in [3.8, 4) is 16.3 Å². The molecule has 3 nitrogen and oxygen atoms in total. The van der Waals surface area contributed by atoms with E-state index < -0.39 is 0 Å². The predicted octanol–water partition coefficient (Wildman–Crippen LogP) is 4.41. The first-order chi connectivity index (χ1) is 8.06. The number of halogens is 2. The maximum atomic E-state index is 6.15. The maximum Gasteiger partial charge on any atom is 0.209 e. The van der Waals surface area contributed by atoms with Crippen LogP contribution in [0.3, 0.4) is 0 Å². The molecule has 1 aromatic carbocycles. The molecule has 0 N–H and O–H groups in total. The van der Waals surface area contributed by atoms with Gasteiger partial charge in [-0.25, -0.2) is 4.98 Å². The van der Waals surface area contributed by atoms with Crippen LogP contribution < -0.4 is 4.74 Å². The van der Waals surface area contributed by atoms with Gasteiger partial charge in [-0.1, -0.05) is 11.6 Å². The average Bonchev–Trinajstić information content (AvgIpc) is 2.67. The van der Waals surface area contributed by atoms with E-state index in [1.54, 1.807) is 0 Å². The van der Waals surface area contributed by atoms with Crippen LogP contribution >= 0.6 is 39.1 Å². The molecule has 0 aliphatic carbocycles. The van der Waals surface area contributed by atoms with Crippen molar-refractivity contribution in [3.63, 3.8) is 0 Å². The SMILES string of the molecule is CC(C)Oc1ccc(-c2nc(Br)ns2)cc1Cl. The van der Waals surface area contributed by atoms with Crippen LogP contribution in [-0.2, 0) is 0 Å². The lowest BCUT2D eigenvalue weighted by Gasteiger charge is -2.11. The summed E-state index contributed by atoms with van der Waals surface area (Å²) in [6, 6.07) is 5.62. The second-order valence-electron chi connectivity index (χ2n) is 3.68. The Morgan fingerprint density at radius 1 is 1.41 bits per heavy atom. The minimum Gasteiger partial charge on any atom is -0.489 e. The van der Waals surface area contributed by atoms with E-state index in [-0.39, 0.29) is 6.10 Å². The number of rotatable bonds is 3. The fourth-order valence-corrected chi connectivity index (χ4v) is 2.61. The molecule has 6 heteroatoms. The molecule has 0 spiro atoms. The standard InChI is InChI=1S/C11H10BrClN2OS/c1-6(2)16-9-4-3-7(5-8(9)13)10-14-11(12)15-17-10/h3-6H,1-2H3. The first kappa shape index (κ1) is 12.8. The molecule has 17 heavy (non-hydrogen) atoms. The molecule has 1 heterocycles. The molecule has 0 fully saturated rings. The summed E-state index contributed by atoms with van der Waals surface area (Å²) in [5.74, 6) is 0.689. The fourth-order valence-electron chi connectivity index (χ4n) is 1.31. The molecule has 90 valence electrons. The van der Waals surface area contributed by atoms with Crippen molar-refractivity contribution in [1.82, 2.24) is 9.36 Å². The monoisotopic (exact) mass is 332 g/mol. The third-order valence-electron chi connectivity index (χ3n) is 1.94. The van der Waals surface area contributed by atoms with E-state index in [1.165, 1.54) is 11.5 Å². The number of hydrogen-bond acceptors (Lipinski definition) is 4. The van der Waals surface area contributed by atoms with Crippen LogP contribution in [0.5, 0.6) is 5.75 Å². The highest BCUT2D eigenvalue weighted by Gasteiger charge is 2.09.